The minimum Gasteiger partial charge on any atom is -0.480 e. The lowest BCUT2D eigenvalue weighted by Crippen LogP contribution is -2.58. The maximum absolute atomic E-state index is 14.0. The van der Waals surface area contributed by atoms with Crippen LogP contribution in [0.4, 0.5) is 4.79 Å². The Labute approximate surface area is 501 Å². The summed E-state index contributed by atoms with van der Waals surface area (Å²) in [4.78, 5) is 116. The average Bonchev–Trinajstić information content (AvgIpc) is 1.35. The summed E-state index contributed by atoms with van der Waals surface area (Å²) in [6.07, 6.45) is 8.52. The highest BCUT2D eigenvalue weighted by Crippen LogP contribution is 2.68. The molecule has 21 heteroatoms. The number of carboxylic acids is 2. The zero-order valence-electron chi connectivity index (χ0n) is 50.4. The number of aliphatic hydroxyl groups is 2. The highest BCUT2D eigenvalue weighted by Gasteiger charge is 2.63. The molecular weight excluding hydrogens is 1110 g/mol. The number of likely N-dealkylation sites (N-methyl/N-ethyl adjacent to an activating group) is 1. The molecule has 4 amide bonds. The number of rotatable bonds is 24. The first-order valence-electron chi connectivity index (χ1n) is 30.3. The molecule has 2 heterocycles. The highest BCUT2D eigenvalue weighted by molar-refractivity contribution is 8.15. The SMILES string of the molecule is CC1=C(C)C(=O)C(C(C)(C)CC(=O)N(C)CCN(CCCC(=O)NCCCCC(NC(=O)CC[C@@H](C)[C@H]2CC[C@H]3[C@@H]4[C@H](O)C[C@@H]5C[C@H](O)CC[C@]5(C)[C@H]4CC[C@]23C)C(=O)O)C(=O)Oc2ccc3nc(C4=NC(C(=O)O)CS4)sc3c2)=C(C)C1=O. The van der Waals surface area contributed by atoms with Crippen LogP contribution in [0.1, 0.15) is 163 Å². The molecule has 0 saturated heterocycles. The topological polar surface area (TPSA) is 282 Å². The van der Waals surface area contributed by atoms with E-state index in [4.69, 9.17) is 4.74 Å². The summed E-state index contributed by atoms with van der Waals surface area (Å²) in [6, 6.07) is 3.01. The standard InChI is InChI=1S/C63H88N6O13S2/c1-34(41-17-18-42-52-43(22-24-63(41,42)8)62(7)23-21-39(70)29-38(62)30-47(52)71)15-20-50(73)65-45(58(77)78)13-10-11-25-64-49(72)14-12-26-69(28-27-68(9)51(74)32-61(5,6)53-37(4)54(75)35(2)36(3)55(53)76)60(81)82-40-16-19-44-48(31-40)84-57(66-44)56-67-46(33-83-56)59(79)80/h16,19,31,34,38-39,41-43,45-47,52,70-71H,10-15,17-18,20-30,32-33H2,1-9H3,(H,64,72)(H,65,73)(H,77,78)(H,79,80)/t34-,38+,39-,41-,42+,43+,45?,46?,47-,52+,62+,63-/m1/s1. The minimum absolute atomic E-state index is 0.0269. The Hall–Kier alpha value is -5.51. The van der Waals surface area contributed by atoms with Gasteiger partial charge in [-0.3, -0.25) is 29.0 Å². The number of unbranched alkanes of at least 4 members (excludes halogenated alkanes) is 1. The number of amides is 4. The van der Waals surface area contributed by atoms with Gasteiger partial charge < -0.3 is 45.6 Å². The van der Waals surface area contributed by atoms with Gasteiger partial charge in [0.1, 0.15) is 21.8 Å². The van der Waals surface area contributed by atoms with Crippen molar-refractivity contribution < 1.29 is 63.5 Å². The minimum atomic E-state index is -1.12. The van der Waals surface area contributed by atoms with Crippen LogP contribution in [-0.2, 0) is 33.6 Å². The van der Waals surface area contributed by atoms with Crippen LogP contribution in [0.5, 0.6) is 5.75 Å². The Bertz CT molecular complexity index is 2990. The van der Waals surface area contributed by atoms with Crippen LogP contribution in [0, 0.1) is 51.8 Å². The van der Waals surface area contributed by atoms with Crippen molar-refractivity contribution in [2.45, 2.75) is 182 Å². The predicted molar refractivity (Wildman–Crippen MR) is 321 cm³/mol. The first kappa shape index (κ1) is 64.5. The Balaban J connectivity index is 0.797. The molecule has 460 valence electrons. The highest BCUT2D eigenvalue weighted by atomic mass is 32.2. The van der Waals surface area contributed by atoms with Gasteiger partial charge in [-0.1, -0.05) is 34.6 Å². The number of benzene rings is 1. The van der Waals surface area contributed by atoms with E-state index < -0.39 is 35.5 Å². The molecule has 84 heavy (non-hydrogen) atoms. The van der Waals surface area contributed by atoms with Crippen molar-refractivity contribution in [2.75, 3.05) is 39.0 Å². The largest absolute Gasteiger partial charge is 0.480 e. The van der Waals surface area contributed by atoms with E-state index in [-0.39, 0.29) is 128 Å². The number of aromatic nitrogens is 1. The number of ketones is 2. The summed E-state index contributed by atoms with van der Waals surface area (Å²) in [5.74, 6) is -0.823. The molecule has 0 bridgehead atoms. The maximum atomic E-state index is 14.0. The maximum Gasteiger partial charge on any atom is 0.415 e. The lowest BCUT2D eigenvalue weighted by molar-refractivity contribution is -0.174. The summed E-state index contributed by atoms with van der Waals surface area (Å²) in [5, 5.41) is 48.3. The number of thioether (sulfide) groups is 1. The van der Waals surface area contributed by atoms with Gasteiger partial charge in [0.05, 0.1) is 22.4 Å². The third-order valence-electron chi connectivity index (χ3n) is 20.5. The van der Waals surface area contributed by atoms with Crippen LogP contribution in [-0.4, -0.2) is 151 Å². The number of carbonyl (C=O) groups excluding carboxylic acids is 6. The van der Waals surface area contributed by atoms with Gasteiger partial charge in [0, 0.05) is 92.0 Å². The number of nitrogens with zero attached hydrogens (tertiary/aromatic N) is 4. The van der Waals surface area contributed by atoms with E-state index >= 15 is 0 Å². The first-order valence-corrected chi connectivity index (χ1v) is 32.1. The quantitative estimate of drug-likeness (QED) is 0.0423. The molecule has 12 atom stereocenters. The molecule has 4 fully saturated rings. The summed E-state index contributed by atoms with van der Waals surface area (Å²) in [6.45, 7) is 15.9. The molecule has 4 saturated carbocycles. The number of carbonyl (C=O) groups is 8. The monoisotopic (exact) mass is 1200 g/mol. The van der Waals surface area contributed by atoms with Crippen LogP contribution < -0.4 is 15.4 Å². The van der Waals surface area contributed by atoms with Gasteiger partial charge >= 0.3 is 18.0 Å². The van der Waals surface area contributed by atoms with E-state index in [9.17, 15) is 58.8 Å². The number of thiazole rings is 1. The number of fused-ring (bicyclic) bond motifs is 6. The van der Waals surface area contributed by atoms with Crippen LogP contribution in [0.25, 0.3) is 10.2 Å². The summed E-state index contributed by atoms with van der Waals surface area (Å²) < 4.78 is 6.56. The van der Waals surface area contributed by atoms with Crippen molar-refractivity contribution in [1.29, 1.82) is 0 Å². The van der Waals surface area contributed by atoms with Gasteiger partial charge in [-0.15, -0.1) is 23.1 Å². The van der Waals surface area contributed by atoms with Crippen molar-refractivity contribution >= 4 is 85.7 Å². The molecule has 1 aliphatic heterocycles. The van der Waals surface area contributed by atoms with Crippen LogP contribution in [0.3, 0.4) is 0 Å². The number of aliphatic hydroxyl groups excluding tert-OH is 2. The van der Waals surface area contributed by atoms with E-state index in [1.165, 1.54) is 32.9 Å². The fourth-order valence-electron chi connectivity index (χ4n) is 15.5. The number of hydrogen-bond acceptors (Lipinski definition) is 15. The van der Waals surface area contributed by atoms with E-state index in [2.05, 4.69) is 41.4 Å². The third-order valence-corrected chi connectivity index (χ3v) is 22.7. The number of hydrogen-bond donors (Lipinski definition) is 6. The lowest BCUT2D eigenvalue weighted by Gasteiger charge is -2.62. The third kappa shape index (κ3) is 14.0. The summed E-state index contributed by atoms with van der Waals surface area (Å²) in [5.41, 5.74) is 1.22. The van der Waals surface area contributed by atoms with Gasteiger partial charge in [0.25, 0.3) is 0 Å². The fraction of sp³-hybridized carbons (Fsp3) is 0.683. The Kier molecular flexibility index (Phi) is 20.4. The predicted octanol–water partition coefficient (Wildman–Crippen LogP) is 8.77. The molecule has 19 nitrogen and oxygen atoms in total. The fourth-order valence-corrected chi connectivity index (χ4v) is 17.6. The molecule has 5 aliphatic carbocycles. The van der Waals surface area contributed by atoms with Crippen LogP contribution in [0.15, 0.2) is 45.5 Å². The lowest BCUT2D eigenvalue weighted by atomic mass is 9.43. The van der Waals surface area contributed by atoms with Crippen LogP contribution in [0.2, 0.25) is 0 Å². The van der Waals surface area contributed by atoms with E-state index in [1.54, 1.807) is 59.9 Å². The van der Waals surface area contributed by atoms with Crippen molar-refractivity contribution in [3.8, 4) is 5.75 Å². The number of aliphatic carboxylic acids is 2. The molecule has 2 aromatic rings. The van der Waals surface area contributed by atoms with Gasteiger partial charge in [0.2, 0.25) is 17.7 Å². The van der Waals surface area contributed by atoms with E-state index in [1.807, 2.05) is 0 Å². The van der Waals surface area contributed by atoms with Gasteiger partial charge in [-0.25, -0.2) is 19.4 Å². The molecular formula is C63H88N6O13S2. The second-order valence-corrected chi connectivity index (χ2v) is 28.3. The number of carboxylic acid groups (broad SMARTS) is 2. The van der Waals surface area contributed by atoms with Crippen molar-refractivity contribution in [1.82, 2.24) is 25.4 Å². The second kappa shape index (κ2) is 26.6. The Morgan fingerprint density at radius 1 is 0.845 bits per heavy atom. The number of ether oxygens (including phenoxy) is 1. The molecule has 1 aromatic carbocycles. The number of nitrogens with one attached hydrogen (secondary N) is 2. The van der Waals surface area contributed by atoms with Gasteiger partial charge in [0.15, 0.2) is 17.6 Å². The van der Waals surface area contributed by atoms with Crippen LogP contribution >= 0.6 is 23.1 Å². The summed E-state index contributed by atoms with van der Waals surface area (Å²) >= 11 is 2.60. The second-order valence-electron chi connectivity index (χ2n) is 26.3. The number of Topliss-reactive ketones (excluding diaryl/α,β-unsaturated/α-hetero) is 2. The molecule has 6 aliphatic rings. The zero-order chi connectivity index (χ0) is 61.2. The Morgan fingerprint density at radius 2 is 1.56 bits per heavy atom. The number of aliphatic imine (C=N–C) groups is 1. The summed E-state index contributed by atoms with van der Waals surface area (Å²) in [7, 11) is 1.59. The van der Waals surface area contributed by atoms with Crippen molar-refractivity contribution in [3.63, 3.8) is 0 Å². The smallest absolute Gasteiger partial charge is 0.415 e. The Morgan fingerprint density at radius 3 is 2.27 bits per heavy atom. The molecule has 0 spiro atoms. The van der Waals surface area contributed by atoms with Crippen molar-refractivity contribution in [3.05, 3.63) is 45.5 Å². The molecule has 0 radical (unpaired) electrons. The van der Waals surface area contributed by atoms with E-state index in [0.717, 1.165) is 51.4 Å². The first-order chi connectivity index (χ1) is 39.6. The van der Waals surface area contributed by atoms with Gasteiger partial charge in [-0.05, 0) is 163 Å². The molecule has 6 N–H and O–H groups in total. The van der Waals surface area contributed by atoms with E-state index in [0.29, 0.717) is 91.2 Å². The molecule has 2 unspecified atom stereocenters. The molecule has 8 rings (SSSR count). The van der Waals surface area contributed by atoms with Crippen molar-refractivity contribution in [2.24, 2.45) is 56.7 Å². The normalized spacial score (nSPS) is 28.4. The van der Waals surface area contributed by atoms with Gasteiger partial charge in [-0.2, -0.15) is 0 Å². The molecule has 1 aromatic heterocycles. The number of allylic oxidation sites excluding steroid dienone is 4. The average molecular weight is 1200 g/mol. The zero-order valence-corrected chi connectivity index (χ0v) is 52.1.